The standard InChI is InChI=1S/C10H12F2N2O2/c1-14(5-8(13)10(15)16)9-4-6(11)2-3-7(9)12/h2-4,8H,5,13H2,1H3,(H,15,16). The van der Waals surface area contributed by atoms with Gasteiger partial charge in [0.05, 0.1) is 5.69 Å². The SMILES string of the molecule is CN(CC(N)C(=O)O)c1cc(F)ccc1F. The predicted molar refractivity (Wildman–Crippen MR) is 55.2 cm³/mol. The molecule has 0 spiro atoms. The number of rotatable bonds is 4. The number of carboxylic acids is 1. The van der Waals surface area contributed by atoms with Gasteiger partial charge >= 0.3 is 5.97 Å². The van der Waals surface area contributed by atoms with Crippen molar-refractivity contribution in [2.24, 2.45) is 5.73 Å². The molecule has 1 aromatic carbocycles. The highest BCUT2D eigenvalue weighted by atomic mass is 19.1. The van der Waals surface area contributed by atoms with E-state index in [0.29, 0.717) is 0 Å². The van der Waals surface area contributed by atoms with E-state index in [1.165, 1.54) is 11.9 Å². The number of nitrogens with two attached hydrogens (primary N) is 1. The topological polar surface area (TPSA) is 66.6 Å². The van der Waals surface area contributed by atoms with Gasteiger partial charge < -0.3 is 15.7 Å². The Labute approximate surface area is 91.3 Å². The van der Waals surface area contributed by atoms with Gasteiger partial charge in [0.2, 0.25) is 0 Å². The van der Waals surface area contributed by atoms with E-state index in [9.17, 15) is 13.6 Å². The summed E-state index contributed by atoms with van der Waals surface area (Å²) in [6, 6.07) is 1.81. The predicted octanol–water partition coefficient (Wildman–Crippen LogP) is 0.813. The Bertz CT molecular complexity index is 398. The molecule has 88 valence electrons. The number of nitrogens with zero attached hydrogens (tertiary/aromatic N) is 1. The number of anilines is 1. The zero-order valence-electron chi connectivity index (χ0n) is 8.65. The third-order valence-corrected chi connectivity index (χ3v) is 2.11. The second kappa shape index (κ2) is 4.89. The van der Waals surface area contributed by atoms with Gasteiger partial charge in [-0.3, -0.25) is 4.79 Å². The monoisotopic (exact) mass is 230 g/mol. The fourth-order valence-corrected chi connectivity index (χ4v) is 1.25. The molecule has 4 nitrogen and oxygen atoms in total. The van der Waals surface area contributed by atoms with E-state index in [-0.39, 0.29) is 12.2 Å². The number of halogens is 2. The number of hydrogen-bond acceptors (Lipinski definition) is 3. The fourth-order valence-electron chi connectivity index (χ4n) is 1.25. The summed E-state index contributed by atoms with van der Waals surface area (Å²) in [6.07, 6.45) is 0. The summed E-state index contributed by atoms with van der Waals surface area (Å²) in [5.74, 6) is -2.41. The van der Waals surface area contributed by atoms with Gasteiger partial charge in [0.15, 0.2) is 0 Å². The van der Waals surface area contributed by atoms with Crippen LogP contribution in [0.3, 0.4) is 0 Å². The van der Waals surface area contributed by atoms with Crippen molar-refractivity contribution in [2.45, 2.75) is 6.04 Å². The quantitative estimate of drug-likeness (QED) is 0.803. The molecule has 0 saturated heterocycles. The van der Waals surface area contributed by atoms with Gasteiger partial charge in [-0.05, 0) is 12.1 Å². The molecular weight excluding hydrogens is 218 g/mol. The summed E-state index contributed by atoms with van der Waals surface area (Å²) in [6.45, 7) is -0.101. The van der Waals surface area contributed by atoms with Gasteiger partial charge in [-0.25, -0.2) is 8.78 Å². The number of hydrogen-bond donors (Lipinski definition) is 2. The van der Waals surface area contributed by atoms with Crippen molar-refractivity contribution in [3.63, 3.8) is 0 Å². The van der Waals surface area contributed by atoms with E-state index >= 15 is 0 Å². The smallest absolute Gasteiger partial charge is 0.322 e. The van der Waals surface area contributed by atoms with Gasteiger partial charge in [-0.1, -0.05) is 0 Å². The second-order valence-electron chi connectivity index (χ2n) is 3.42. The Balaban J connectivity index is 2.83. The molecule has 0 aliphatic carbocycles. The highest BCUT2D eigenvalue weighted by Crippen LogP contribution is 2.19. The lowest BCUT2D eigenvalue weighted by Gasteiger charge is -2.21. The average Bonchev–Trinajstić information content (AvgIpc) is 2.21. The van der Waals surface area contributed by atoms with Crippen LogP contribution in [0.2, 0.25) is 0 Å². The van der Waals surface area contributed by atoms with Gasteiger partial charge in [-0.2, -0.15) is 0 Å². The van der Waals surface area contributed by atoms with Crippen molar-refractivity contribution in [1.82, 2.24) is 0 Å². The Morgan fingerprint density at radius 2 is 2.19 bits per heavy atom. The molecule has 1 aromatic rings. The van der Waals surface area contributed by atoms with Crippen molar-refractivity contribution in [3.05, 3.63) is 29.8 Å². The maximum atomic E-state index is 13.3. The van der Waals surface area contributed by atoms with Crippen molar-refractivity contribution < 1.29 is 18.7 Å². The van der Waals surface area contributed by atoms with Crippen molar-refractivity contribution in [1.29, 1.82) is 0 Å². The maximum absolute atomic E-state index is 13.3. The van der Waals surface area contributed by atoms with Crippen LogP contribution in [0.1, 0.15) is 0 Å². The van der Waals surface area contributed by atoms with Crippen LogP contribution in [0.5, 0.6) is 0 Å². The van der Waals surface area contributed by atoms with Crippen molar-refractivity contribution in [3.8, 4) is 0 Å². The van der Waals surface area contributed by atoms with Gasteiger partial charge in [0.25, 0.3) is 0 Å². The maximum Gasteiger partial charge on any atom is 0.322 e. The van der Waals surface area contributed by atoms with E-state index in [2.05, 4.69) is 0 Å². The van der Waals surface area contributed by atoms with E-state index in [1.54, 1.807) is 0 Å². The van der Waals surface area contributed by atoms with E-state index in [4.69, 9.17) is 10.8 Å². The first kappa shape index (κ1) is 12.4. The number of likely N-dealkylation sites (N-methyl/N-ethyl adjacent to an activating group) is 1. The van der Waals surface area contributed by atoms with Crippen LogP contribution in [0.15, 0.2) is 18.2 Å². The molecule has 0 fully saturated rings. The zero-order chi connectivity index (χ0) is 12.3. The first-order chi connectivity index (χ1) is 7.41. The fraction of sp³-hybridized carbons (Fsp3) is 0.300. The molecule has 3 N–H and O–H groups in total. The van der Waals surface area contributed by atoms with Crippen LogP contribution in [0.25, 0.3) is 0 Å². The van der Waals surface area contributed by atoms with Crippen LogP contribution in [-0.2, 0) is 4.79 Å². The van der Waals surface area contributed by atoms with Crippen LogP contribution in [0.4, 0.5) is 14.5 Å². The first-order valence-electron chi connectivity index (χ1n) is 4.56. The number of carboxylic acid groups (broad SMARTS) is 1. The van der Waals surface area contributed by atoms with Crippen molar-refractivity contribution >= 4 is 11.7 Å². The highest BCUT2D eigenvalue weighted by Gasteiger charge is 2.16. The molecule has 0 saturated carbocycles. The molecule has 1 unspecified atom stereocenters. The van der Waals surface area contributed by atoms with Gasteiger partial charge in [0.1, 0.15) is 17.7 Å². The molecule has 16 heavy (non-hydrogen) atoms. The average molecular weight is 230 g/mol. The lowest BCUT2D eigenvalue weighted by molar-refractivity contribution is -0.138. The number of aliphatic carboxylic acids is 1. The van der Waals surface area contributed by atoms with Crippen LogP contribution >= 0.6 is 0 Å². The van der Waals surface area contributed by atoms with Crippen LogP contribution < -0.4 is 10.6 Å². The second-order valence-corrected chi connectivity index (χ2v) is 3.42. The molecule has 0 aliphatic heterocycles. The van der Waals surface area contributed by atoms with Crippen LogP contribution in [0, 0.1) is 11.6 Å². The summed E-state index contributed by atoms with van der Waals surface area (Å²) in [5, 5.41) is 8.58. The minimum atomic E-state index is -1.19. The highest BCUT2D eigenvalue weighted by molar-refractivity contribution is 5.74. The Hall–Kier alpha value is -1.69. The Morgan fingerprint density at radius 3 is 2.75 bits per heavy atom. The third-order valence-electron chi connectivity index (χ3n) is 2.11. The molecule has 6 heteroatoms. The largest absolute Gasteiger partial charge is 0.480 e. The minimum Gasteiger partial charge on any atom is -0.480 e. The molecule has 0 aliphatic rings. The molecule has 0 bridgehead atoms. The number of carbonyl (C=O) groups is 1. The van der Waals surface area contributed by atoms with Crippen LogP contribution in [-0.4, -0.2) is 30.7 Å². The Kier molecular flexibility index (Phi) is 3.78. The van der Waals surface area contributed by atoms with Crippen molar-refractivity contribution in [2.75, 3.05) is 18.5 Å². The summed E-state index contributed by atoms with van der Waals surface area (Å²) in [7, 11) is 1.45. The third kappa shape index (κ3) is 2.90. The summed E-state index contributed by atoms with van der Waals surface area (Å²) in [5.41, 5.74) is 5.27. The lowest BCUT2D eigenvalue weighted by Crippen LogP contribution is -2.41. The zero-order valence-corrected chi connectivity index (χ0v) is 8.65. The summed E-state index contributed by atoms with van der Waals surface area (Å²) in [4.78, 5) is 11.8. The van der Waals surface area contributed by atoms with E-state index in [0.717, 1.165) is 18.2 Å². The van der Waals surface area contributed by atoms with E-state index in [1.807, 2.05) is 0 Å². The Morgan fingerprint density at radius 1 is 1.56 bits per heavy atom. The normalized spacial score (nSPS) is 12.2. The summed E-state index contributed by atoms with van der Waals surface area (Å²) >= 11 is 0. The summed E-state index contributed by atoms with van der Waals surface area (Å²) < 4.78 is 26.1. The molecular formula is C10H12F2N2O2. The molecule has 1 rings (SSSR count). The van der Waals surface area contributed by atoms with Gasteiger partial charge in [-0.15, -0.1) is 0 Å². The molecule has 0 aromatic heterocycles. The number of benzene rings is 1. The molecule has 0 heterocycles. The molecule has 1 atom stereocenters. The molecule has 0 radical (unpaired) electrons. The van der Waals surface area contributed by atoms with Gasteiger partial charge in [0, 0.05) is 19.7 Å². The first-order valence-corrected chi connectivity index (χ1v) is 4.56. The molecule has 0 amide bonds. The lowest BCUT2D eigenvalue weighted by atomic mass is 10.2. The minimum absolute atomic E-state index is 0.0169. The van der Waals surface area contributed by atoms with E-state index < -0.39 is 23.6 Å².